The zero-order valence-electron chi connectivity index (χ0n) is 44.2. The van der Waals surface area contributed by atoms with E-state index < -0.39 is 11.8 Å². The second-order valence-electron chi connectivity index (χ2n) is 17.7. The summed E-state index contributed by atoms with van der Waals surface area (Å²) in [6.45, 7) is 18.6. The number of rotatable bonds is 0. The fourth-order valence-corrected chi connectivity index (χ4v) is 6.32. The van der Waals surface area contributed by atoms with Crippen LogP contribution in [0.5, 0.6) is 0 Å². The minimum atomic E-state index is -0.560. The van der Waals surface area contributed by atoms with E-state index in [1.54, 1.807) is 58.6 Å². The van der Waals surface area contributed by atoms with E-state index in [0.29, 0.717) is 24.2 Å². The lowest BCUT2D eigenvalue weighted by Gasteiger charge is -2.21. The fraction of sp³-hybridized carbons (Fsp3) is 0.761. The molecule has 3 N–H and O–H groups in total. The number of H-pyrrole nitrogens is 1. The van der Waals surface area contributed by atoms with E-state index in [9.17, 15) is 38.4 Å². The standard InChI is InChI=1S/C6H11NO.C5H12N2.C5H11NO.C5H9NO.C5H7NO.C5H11N.C4H8N2O.C4H5NO3.C4H7NO2.C3H4N2O2/c1-7-5-3-2-4-6(7)8;1-7-4-2-6-3-5-7;1-6-2-4-7-5-3-6;2*1-6-4-2-3-5(6)7;1-6-4-2-3-5-6;1-6-3-2-5-4(6)7;1-5-3(6)2-8-4(5)7;1-5-2-3-7-4(5)6;1-2-4-3(6)7-5-2/h2-5H2,1H3;6H,2-5H2,1H3;2-5H2,1H3;2-4H2,1H3;2-3H,4H2,1H3;2-5H2,1H3;2-3H2,1H3,(H,5,7);2H2,1H3;2-3H2,1H3;1H3,(H,4,5,6). The van der Waals surface area contributed by atoms with Gasteiger partial charge in [-0.1, -0.05) is 11.2 Å². The number of piperidine rings is 1. The van der Waals surface area contributed by atoms with E-state index >= 15 is 0 Å². The molecular formula is C46H85N13O12. The van der Waals surface area contributed by atoms with Crippen molar-refractivity contribution < 1.29 is 52.3 Å². The van der Waals surface area contributed by atoms with Crippen LogP contribution in [0, 0.1) is 6.92 Å². The van der Waals surface area contributed by atoms with Gasteiger partial charge in [0.15, 0.2) is 6.61 Å². The second kappa shape index (κ2) is 37.2. The van der Waals surface area contributed by atoms with Crippen LogP contribution < -0.4 is 16.4 Å². The number of urea groups is 1. The molecule has 71 heavy (non-hydrogen) atoms. The van der Waals surface area contributed by atoms with Crippen molar-refractivity contribution >= 4 is 41.8 Å². The Bertz CT molecular complexity index is 1710. The van der Waals surface area contributed by atoms with Crippen molar-refractivity contribution in [3.05, 3.63) is 28.5 Å². The summed E-state index contributed by atoms with van der Waals surface area (Å²) in [6, 6.07) is 0.0417. The molecule has 8 amide bonds. The number of aromatic amines is 1. The summed E-state index contributed by atoms with van der Waals surface area (Å²) in [7, 11) is 16.8. The number of piperazine rings is 1. The van der Waals surface area contributed by atoms with Crippen LogP contribution in [0.15, 0.2) is 21.5 Å². The molecule has 0 radical (unpaired) electrons. The predicted molar refractivity (Wildman–Crippen MR) is 267 cm³/mol. The van der Waals surface area contributed by atoms with E-state index in [-0.39, 0.29) is 30.5 Å². The summed E-state index contributed by atoms with van der Waals surface area (Å²) in [5, 5.41) is 9.20. The molecule has 25 heteroatoms. The first kappa shape index (κ1) is 63.4. The highest BCUT2D eigenvalue weighted by Gasteiger charge is 2.26. The summed E-state index contributed by atoms with van der Waals surface area (Å²) in [4.78, 5) is 102. The lowest BCUT2D eigenvalue weighted by molar-refractivity contribution is -0.131. The Balaban J connectivity index is 0.000000395. The van der Waals surface area contributed by atoms with Crippen LogP contribution in [0.3, 0.4) is 0 Å². The van der Waals surface area contributed by atoms with Gasteiger partial charge in [0.25, 0.3) is 5.91 Å². The molecule has 9 aliphatic rings. The third kappa shape index (κ3) is 30.7. The number of hydrogen-bond donors (Lipinski definition) is 3. The number of imide groups is 1. The number of aryl methyl sites for hydroxylation is 1. The molecule has 0 aliphatic carbocycles. The highest BCUT2D eigenvalue weighted by atomic mass is 16.6. The Kier molecular flexibility index (Phi) is 33.2. The number of likely N-dealkylation sites (N-methyl/N-ethyl adjacent to an activating group) is 6. The van der Waals surface area contributed by atoms with Crippen LogP contribution in [-0.2, 0) is 33.4 Å². The zero-order valence-corrected chi connectivity index (χ0v) is 44.2. The molecule has 0 atom stereocenters. The van der Waals surface area contributed by atoms with Crippen molar-refractivity contribution in [1.82, 2.24) is 64.9 Å². The lowest BCUT2D eigenvalue weighted by Crippen LogP contribution is -2.40. The largest absolute Gasteiger partial charge is 0.448 e. The molecule has 10 rings (SSSR count). The SMILES string of the molecule is CN1C(=O)COC1=O.CN1CC=CC1=O.CN1CCCC1.CN1CCCC1=O.CN1CCCCC1=O.CN1CCNC1=O.CN1CCNCC1.CN1CCOC1=O.CN1CCOCC1.Cc1noc(=O)[nH]1. The molecule has 0 aromatic carbocycles. The Morgan fingerprint density at radius 1 is 0.521 bits per heavy atom. The Hall–Kier alpha value is -5.63. The van der Waals surface area contributed by atoms with Crippen LogP contribution in [0.1, 0.15) is 50.8 Å². The lowest BCUT2D eigenvalue weighted by atomic mass is 10.1. The number of amides is 8. The normalized spacial score (nSPS) is 20.6. The topological polar surface area (TPSA) is 259 Å². The van der Waals surface area contributed by atoms with Gasteiger partial charge in [-0.2, -0.15) is 0 Å². The quantitative estimate of drug-likeness (QED) is 0.310. The summed E-state index contributed by atoms with van der Waals surface area (Å²) >= 11 is 0. The summed E-state index contributed by atoms with van der Waals surface area (Å²) in [5.74, 6) is 0.425. The molecule has 0 unspecified atom stereocenters. The number of morpholine rings is 1. The molecule has 8 fully saturated rings. The van der Waals surface area contributed by atoms with Gasteiger partial charge >= 0.3 is 24.0 Å². The first-order chi connectivity index (χ1) is 33.7. The predicted octanol–water partition coefficient (Wildman–Crippen LogP) is 0.0398. The van der Waals surface area contributed by atoms with Crippen molar-refractivity contribution in [3.8, 4) is 0 Å². The third-order valence-electron chi connectivity index (χ3n) is 11.3. The van der Waals surface area contributed by atoms with Gasteiger partial charge in [-0.25, -0.2) is 24.1 Å². The minimum Gasteiger partial charge on any atom is -0.448 e. The monoisotopic (exact) mass is 1010 g/mol. The number of cyclic esters (lactones) is 2. The smallest absolute Gasteiger partial charge is 0.438 e. The summed E-state index contributed by atoms with van der Waals surface area (Å²) in [5.41, 5.74) is 0. The molecule has 0 spiro atoms. The van der Waals surface area contributed by atoms with E-state index in [4.69, 9.17) is 4.74 Å². The maximum absolute atomic E-state index is 10.7. The number of nitrogens with one attached hydrogen (secondary N) is 3. The first-order valence-corrected chi connectivity index (χ1v) is 24.3. The highest BCUT2D eigenvalue weighted by Crippen LogP contribution is 2.07. The van der Waals surface area contributed by atoms with Gasteiger partial charge < -0.3 is 64.0 Å². The number of ether oxygens (including phenoxy) is 3. The minimum absolute atomic E-state index is 0.0417. The van der Waals surface area contributed by atoms with Crippen LogP contribution in [0.4, 0.5) is 14.4 Å². The number of carbonyl (C=O) groups excluding carboxylic acids is 7. The molecule has 1 aromatic heterocycles. The molecule has 406 valence electrons. The Morgan fingerprint density at radius 2 is 1.08 bits per heavy atom. The Morgan fingerprint density at radius 3 is 1.28 bits per heavy atom. The number of hydrogen-bond acceptors (Lipinski definition) is 17. The molecule has 8 saturated heterocycles. The highest BCUT2D eigenvalue weighted by molar-refractivity contribution is 5.97. The van der Waals surface area contributed by atoms with Gasteiger partial charge in [-0.3, -0.25) is 28.7 Å². The molecule has 9 aliphatic heterocycles. The Labute approximate surface area is 420 Å². The van der Waals surface area contributed by atoms with Gasteiger partial charge in [0.1, 0.15) is 12.4 Å². The van der Waals surface area contributed by atoms with E-state index in [0.717, 1.165) is 109 Å². The fourth-order valence-electron chi connectivity index (χ4n) is 6.32. The van der Waals surface area contributed by atoms with E-state index in [2.05, 4.69) is 70.6 Å². The molecule has 25 nitrogen and oxygen atoms in total. The van der Waals surface area contributed by atoms with E-state index in [1.165, 1.54) is 52.5 Å². The van der Waals surface area contributed by atoms with Crippen LogP contribution in [0.25, 0.3) is 0 Å². The average Bonchev–Trinajstić information content (AvgIpc) is 4.27. The number of carbonyl (C=O) groups is 7. The average molecular weight is 1010 g/mol. The number of nitrogens with zero attached hydrogens (tertiary/aromatic N) is 10. The van der Waals surface area contributed by atoms with Gasteiger partial charge in [-0.05, 0) is 73.3 Å². The zero-order chi connectivity index (χ0) is 53.1. The first-order valence-electron chi connectivity index (χ1n) is 24.3. The van der Waals surface area contributed by atoms with Crippen molar-refractivity contribution in [2.24, 2.45) is 0 Å². The molecule has 1 aromatic rings. The maximum atomic E-state index is 10.7. The summed E-state index contributed by atoms with van der Waals surface area (Å²) in [6.07, 6.45) is 10.3. The maximum Gasteiger partial charge on any atom is 0.438 e. The third-order valence-corrected chi connectivity index (χ3v) is 11.3. The molecule has 10 heterocycles. The van der Waals surface area contributed by atoms with Crippen molar-refractivity contribution in [1.29, 1.82) is 0 Å². The van der Waals surface area contributed by atoms with Crippen molar-refractivity contribution in [2.75, 3.05) is 181 Å². The number of aromatic nitrogens is 2. The van der Waals surface area contributed by atoms with Crippen LogP contribution in [-0.4, -0.2) is 278 Å². The van der Waals surface area contributed by atoms with Crippen LogP contribution >= 0.6 is 0 Å². The summed E-state index contributed by atoms with van der Waals surface area (Å²) < 4.78 is 18.1. The van der Waals surface area contributed by atoms with Crippen LogP contribution in [0.2, 0.25) is 0 Å². The molecule has 0 bridgehead atoms. The van der Waals surface area contributed by atoms with Crippen molar-refractivity contribution in [2.45, 2.75) is 51.9 Å². The molecule has 0 saturated carbocycles. The van der Waals surface area contributed by atoms with Crippen molar-refractivity contribution in [3.63, 3.8) is 0 Å². The number of likely N-dealkylation sites (tertiary alicyclic amines) is 3. The molecular weight excluding hydrogens is 927 g/mol. The van der Waals surface area contributed by atoms with Gasteiger partial charge in [0.2, 0.25) is 17.7 Å². The second-order valence-corrected chi connectivity index (χ2v) is 17.7. The van der Waals surface area contributed by atoms with Gasteiger partial charge in [0.05, 0.1) is 19.8 Å². The van der Waals surface area contributed by atoms with Gasteiger partial charge in [0, 0.05) is 133 Å². The van der Waals surface area contributed by atoms with Gasteiger partial charge in [-0.15, -0.1) is 0 Å². The van der Waals surface area contributed by atoms with E-state index in [1.807, 2.05) is 20.2 Å².